The minimum atomic E-state index is -0.00255. The first-order chi connectivity index (χ1) is 8.72. The van der Waals surface area contributed by atoms with Crippen molar-refractivity contribution < 1.29 is 9.53 Å². The van der Waals surface area contributed by atoms with E-state index in [-0.39, 0.29) is 12.0 Å². The maximum atomic E-state index is 12.3. The number of hydrogen-bond donors (Lipinski definition) is 1. The number of anilines is 1. The molecule has 0 aromatic carbocycles. The normalized spacial score (nSPS) is 18.7. The van der Waals surface area contributed by atoms with Crippen LogP contribution in [0.2, 0.25) is 0 Å². The van der Waals surface area contributed by atoms with Gasteiger partial charge in [-0.3, -0.25) is 9.78 Å². The number of carbonyl (C=O) groups is 1. The van der Waals surface area contributed by atoms with Crippen LogP contribution in [0.4, 0.5) is 5.69 Å². The van der Waals surface area contributed by atoms with Crippen LogP contribution >= 0.6 is 0 Å². The molecule has 1 aromatic heterocycles. The van der Waals surface area contributed by atoms with Crippen LogP contribution in [0.3, 0.4) is 0 Å². The molecule has 1 aliphatic heterocycles. The van der Waals surface area contributed by atoms with Crippen molar-refractivity contribution in [3.63, 3.8) is 0 Å². The van der Waals surface area contributed by atoms with Gasteiger partial charge in [0, 0.05) is 33.4 Å². The van der Waals surface area contributed by atoms with Crippen molar-refractivity contribution in [1.82, 2.24) is 9.88 Å². The van der Waals surface area contributed by atoms with E-state index in [4.69, 9.17) is 4.74 Å². The maximum absolute atomic E-state index is 12.3. The van der Waals surface area contributed by atoms with Crippen LogP contribution in [0.5, 0.6) is 0 Å². The summed E-state index contributed by atoms with van der Waals surface area (Å²) in [6.07, 6.45) is 5.59. The van der Waals surface area contributed by atoms with E-state index < -0.39 is 0 Å². The van der Waals surface area contributed by atoms with Crippen molar-refractivity contribution in [1.29, 1.82) is 0 Å². The van der Waals surface area contributed by atoms with Gasteiger partial charge in [-0.1, -0.05) is 0 Å². The zero-order chi connectivity index (χ0) is 13.0. The van der Waals surface area contributed by atoms with E-state index in [0.717, 1.165) is 25.1 Å². The number of rotatable bonds is 4. The number of pyridine rings is 1. The van der Waals surface area contributed by atoms with Crippen molar-refractivity contribution >= 4 is 11.6 Å². The zero-order valence-corrected chi connectivity index (χ0v) is 10.8. The summed E-state index contributed by atoms with van der Waals surface area (Å²) < 4.78 is 5.54. The highest BCUT2D eigenvalue weighted by Gasteiger charge is 2.22. The van der Waals surface area contributed by atoms with E-state index in [2.05, 4.69) is 10.3 Å². The summed E-state index contributed by atoms with van der Waals surface area (Å²) in [4.78, 5) is 18.0. The average molecular weight is 249 g/mol. The van der Waals surface area contributed by atoms with Crippen LogP contribution < -0.4 is 5.32 Å². The minimum Gasteiger partial charge on any atom is -0.386 e. The third kappa shape index (κ3) is 2.79. The Kier molecular flexibility index (Phi) is 4.15. The predicted molar refractivity (Wildman–Crippen MR) is 69.7 cm³/mol. The second kappa shape index (κ2) is 5.82. The molecule has 1 aromatic rings. The van der Waals surface area contributed by atoms with Gasteiger partial charge < -0.3 is 15.0 Å². The van der Waals surface area contributed by atoms with Gasteiger partial charge in [-0.2, -0.15) is 0 Å². The summed E-state index contributed by atoms with van der Waals surface area (Å²) in [6.45, 7) is 1.45. The van der Waals surface area contributed by atoms with Gasteiger partial charge in [0.2, 0.25) is 0 Å². The van der Waals surface area contributed by atoms with E-state index >= 15 is 0 Å². The van der Waals surface area contributed by atoms with Gasteiger partial charge >= 0.3 is 0 Å². The quantitative estimate of drug-likeness (QED) is 0.875. The molecule has 1 amide bonds. The van der Waals surface area contributed by atoms with Crippen LogP contribution in [-0.4, -0.2) is 49.1 Å². The first-order valence-corrected chi connectivity index (χ1v) is 6.21. The maximum Gasteiger partial charge on any atom is 0.255 e. The Morgan fingerprint density at radius 3 is 3.17 bits per heavy atom. The Bertz CT molecular complexity index is 416. The minimum absolute atomic E-state index is 0.00255. The summed E-state index contributed by atoms with van der Waals surface area (Å²) in [6, 6.07) is 1.74. The van der Waals surface area contributed by atoms with Crippen LogP contribution in [0, 0.1) is 0 Å². The van der Waals surface area contributed by atoms with Gasteiger partial charge in [0.05, 0.1) is 23.6 Å². The summed E-state index contributed by atoms with van der Waals surface area (Å²) in [5, 5.41) is 2.98. The first-order valence-electron chi connectivity index (χ1n) is 6.21. The number of amides is 1. The van der Waals surface area contributed by atoms with Gasteiger partial charge in [0.25, 0.3) is 5.91 Å². The van der Waals surface area contributed by atoms with Gasteiger partial charge in [0.1, 0.15) is 0 Å². The largest absolute Gasteiger partial charge is 0.386 e. The number of nitrogens with zero attached hydrogens (tertiary/aromatic N) is 2. The Hall–Kier alpha value is -1.62. The lowest BCUT2D eigenvalue weighted by molar-refractivity contribution is 0.0587. The molecule has 5 nitrogen and oxygen atoms in total. The number of nitrogens with one attached hydrogen (secondary N) is 1. The molecule has 1 fully saturated rings. The lowest BCUT2D eigenvalue weighted by Crippen LogP contribution is -2.34. The van der Waals surface area contributed by atoms with E-state index in [1.165, 1.54) is 0 Å². The number of likely N-dealkylation sites (N-methyl/N-ethyl adjacent to an activating group) is 1. The summed E-state index contributed by atoms with van der Waals surface area (Å²) in [5.74, 6) is -0.00255. The molecule has 1 atom stereocenters. The van der Waals surface area contributed by atoms with Crippen molar-refractivity contribution in [2.24, 2.45) is 0 Å². The van der Waals surface area contributed by atoms with Crippen molar-refractivity contribution in [3.8, 4) is 0 Å². The first kappa shape index (κ1) is 12.8. The third-order valence-electron chi connectivity index (χ3n) is 3.17. The molecule has 0 aliphatic carbocycles. The lowest BCUT2D eigenvalue weighted by Gasteiger charge is -2.21. The Labute approximate surface area is 107 Å². The highest BCUT2D eigenvalue weighted by atomic mass is 16.5. The van der Waals surface area contributed by atoms with E-state index in [9.17, 15) is 4.79 Å². The molecule has 1 N–H and O–H groups in total. The fourth-order valence-electron chi connectivity index (χ4n) is 2.16. The van der Waals surface area contributed by atoms with Gasteiger partial charge in [0.15, 0.2) is 0 Å². The predicted octanol–water partition coefficient (Wildman–Crippen LogP) is 1.37. The smallest absolute Gasteiger partial charge is 0.255 e. The molecule has 5 heteroatoms. The Morgan fingerprint density at radius 2 is 2.50 bits per heavy atom. The highest BCUT2D eigenvalue weighted by molar-refractivity contribution is 5.99. The monoisotopic (exact) mass is 249 g/mol. The van der Waals surface area contributed by atoms with E-state index in [1.54, 1.807) is 30.4 Å². The van der Waals surface area contributed by atoms with Gasteiger partial charge in [-0.25, -0.2) is 0 Å². The molecule has 0 bridgehead atoms. The number of ether oxygens (including phenoxy) is 1. The molecule has 0 spiro atoms. The Balaban J connectivity index is 2.05. The van der Waals surface area contributed by atoms with Crippen LogP contribution in [0.1, 0.15) is 23.2 Å². The summed E-state index contributed by atoms with van der Waals surface area (Å²) in [7, 11) is 3.59. The van der Waals surface area contributed by atoms with Crippen LogP contribution in [0.15, 0.2) is 18.5 Å². The lowest BCUT2D eigenvalue weighted by atomic mass is 10.2. The standard InChI is InChI=1S/C13H19N3O2/c1-14-12-8-15-6-5-11(12)13(17)16(2)9-10-4-3-7-18-10/h5-6,8,10,14H,3-4,7,9H2,1-2H3. The molecule has 1 unspecified atom stereocenters. The Morgan fingerprint density at radius 1 is 1.67 bits per heavy atom. The van der Waals surface area contributed by atoms with Crippen molar-refractivity contribution in [2.45, 2.75) is 18.9 Å². The fraction of sp³-hybridized carbons (Fsp3) is 0.538. The topological polar surface area (TPSA) is 54.5 Å². The molecule has 2 rings (SSSR count). The molecule has 2 heterocycles. The van der Waals surface area contributed by atoms with E-state index in [1.807, 2.05) is 7.05 Å². The van der Waals surface area contributed by atoms with Gasteiger partial charge in [-0.05, 0) is 18.9 Å². The second-order valence-electron chi connectivity index (χ2n) is 4.49. The molecule has 0 radical (unpaired) electrons. The molecule has 1 saturated heterocycles. The molecule has 1 aliphatic rings. The molecule has 18 heavy (non-hydrogen) atoms. The SMILES string of the molecule is CNc1cnccc1C(=O)N(C)CC1CCCO1. The van der Waals surface area contributed by atoms with Crippen molar-refractivity contribution in [3.05, 3.63) is 24.0 Å². The molecular formula is C13H19N3O2. The molecule has 0 saturated carbocycles. The average Bonchev–Trinajstić information content (AvgIpc) is 2.90. The van der Waals surface area contributed by atoms with Crippen LogP contribution in [0.25, 0.3) is 0 Å². The number of aromatic nitrogens is 1. The van der Waals surface area contributed by atoms with E-state index in [0.29, 0.717) is 12.1 Å². The van der Waals surface area contributed by atoms with Gasteiger partial charge in [-0.15, -0.1) is 0 Å². The fourth-order valence-corrected chi connectivity index (χ4v) is 2.16. The highest BCUT2D eigenvalue weighted by Crippen LogP contribution is 2.17. The molecule has 98 valence electrons. The third-order valence-corrected chi connectivity index (χ3v) is 3.17. The number of hydrogen-bond acceptors (Lipinski definition) is 4. The summed E-state index contributed by atoms with van der Waals surface area (Å²) in [5.41, 5.74) is 1.40. The second-order valence-corrected chi connectivity index (χ2v) is 4.49. The van der Waals surface area contributed by atoms with Crippen molar-refractivity contribution in [2.75, 3.05) is 32.6 Å². The number of carbonyl (C=O) groups excluding carboxylic acids is 1. The summed E-state index contributed by atoms with van der Waals surface area (Å²) >= 11 is 0. The zero-order valence-electron chi connectivity index (χ0n) is 10.8. The molecular weight excluding hydrogens is 230 g/mol. The van der Waals surface area contributed by atoms with Crippen LogP contribution in [-0.2, 0) is 4.74 Å².